The van der Waals surface area contributed by atoms with Gasteiger partial charge in [-0.25, -0.2) is 0 Å². The molecule has 2 aromatic rings. The molecule has 6 heteroatoms. The van der Waals surface area contributed by atoms with Gasteiger partial charge in [-0.15, -0.1) is 5.10 Å². The third kappa shape index (κ3) is 2.05. The maximum absolute atomic E-state index is 11.4. The summed E-state index contributed by atoms with van der Waals surface area (Å²) in [6.45, 7) is 1.92. The fourth-order valence-corrected chi connectivity index (χ4v) is 1.48. The molecule has 0 radical (unpaired) electrons. The van der Waals surface area contributed by atoms with Crippen molar-refractivity contribution in [2.75, 3.05) is 5.73 Å². The molecule has 0 spiro atoms. The molecule has 0 unspecified atom stereocenters. The van der Waals surface area contributed by atoms with Crippen LogP contribution in [-0.2, 0) is 6.54 Å². The Kier molecular flexibility index (Phi) is 2.63. The molecule has 16 heavy (non-hydrogen) atoms. The van der Waals surface area contributed by atoms with Gasteiger partial charge in [-0.05, 0) is 17.7 Å². The largest absolute Gasteiger partial charge is 0.365 e. The molecule has 0 saturated carbocycles. The van der Waals surface area contributed by atoms with E-state index in [0.717, 1.165) is 5.56 Å². The minimum atomic E-state index is 0.0173. The van der Waals surface area contributed by atoms with Gasteiger partial charge in [0.05, 0.1) is 6.54 Å². The average molecular weight is 217 g/mol. The monoisotopic (exact) mass is 217 g/mol. The summed E-state index contributed by atoms with van der Waals surface area (Å²) in [4.78, 5) is 12.7. The lowest BCUT2D eigenvalue weighted by atomic mass is 10.0. The van der Waals surface area contributed by atoms with Crippen molar-refractivity contribution in [2.24, 2.45) is 0 Å². The number of carbonyl (C=O) groups is 1. The maximum atomic E-state index is 11.4. The fourth-order valence-electron chi connectivity index (χ4n) is 1.48. The van der Waals surface area contributed by atoms with Crippen molar-refractivity contribution >= 4 is 11.7 Å². The summed E-state index contributed by atoms with van der Waals surface area (Å²) in [6.07, 6.45) is 0. The predicted octanol–water partition coefficient (Wildman–Crippen LogP) is 0.506. The number of nitrogens with zero attached hydrogens (tertiary/aromatic N) is 4. The number of hydrogen-bond donors (Lipinski definition) is 1. The molecule has 1 heterocycles. The van der Waals surface area contributed by atoms with Crippen molar-refractivity contribution in [3.05, 3.63) is 35.4 Å². The van der Waals surface area contributed by atoms with Gasteiger partial charge < -0.3 is 5.73 Å². The summed E-state index contributed by atoms with van der Waals surface area (Å²) in [5, 5.41) is 11.2. The van der Waals surface area contributed by atoms with Crippen molar-refractivity contribution in [3.63, 3.8) is 0 Å². The molecular weight excluding hydrogens is 206 g/mol. The van der Waals surface area contributed by atoms with Crippen molar-refractivity contribution in [2.45, 2.75) is 13.5 Å². The lowest BCUT2D eigenvalue weighted by molar-refractivity contribution is 0.101. The van der Waals surface area contributed by atoms with Crippen LogP contribution in [0.2, 0.25) is 0 Å². The summed E-state index contributed by atoms with van der Waals surface area (Å²) < 4.78 is 0. The topological polar surface area (TPSA) is 86.7 Å². The van der Waals surface area contributed by atoms with E-state index in [1.165, 1.54) is 11.7 Å². The van der Waals surface area contributed by atoms with Crippen LogP contribution in [0.4, 0.5) is 5.95 Å². The number of anilines is 1. The van der Waals surface area contributed by atoms with Gasteiger partial charge in [-0.1, -0.05) is 29.4 Å². The van der Waals surface area contributed by atoms with Crippen LogP contribution in [0.15, 0.2) is 24.3 Å². The van der Waals surface area contributed by atoms with Crippen molar-refractivity contribution in [1.82, 2.24) is 20.2 Å². The van der Waals surface area contributed by atoms with Crippen molar-refractivity contribution < 1.29 is 4.79 Å². The lowest BCUT2D eigenvalue weighted by Gasteiger charge is -2.04. The van der Waals surface area contributed by atoms with E-state index in [1.54, 1.807) is 6.07 Å². The Morgan fingerprint density at radius 3 is 2.81 bits per heavy atom. The third-order valence-electron chi connectivity index (χ3n) is 2.18. The molecule has 0 amide bonds. The minimum absolute atomic E-state index is 0.0173. The molecule has 0 aliphatic heterocycles. The van der Waals surface area contributed by atoms with Crippen LogP contribution in [0, 0.1) is 0 Å². The number of nitrogens with two attached hydrogens (primary N) is 1. The Morgan fingerprint density at radius 1 is 1.44 bits per heavy atom. The van der Waals surface area contributed by atoms with E-state index in [-0.39, 0.29) is 11.7 Å². The van der Waals surface area contributed by atoms with Crippen LogP contribution in [0.5, 0.6) is 0 Å². The number of hydrogen-bond acceptors (Lipinski definition) is 5. The zero-order valence-electron chi connectivity index (χ0n) is 8.79. The second kappa shape index (κ2) is 4.09. The highest BCUT2D eigenvalue weighted by Gasteiger charge is 2.08. The van der Waals surface area contributed by atoms with Gasteiger partial charge in [0.15, 0.2) is 5.78 Å². The standard InChI is InChI=1S/C10H11N5O/c1-7(16)9-5-3-2-4-8(9)6-15-13-10(11)12-14-15/h2-5H,6H2,1H3,(H2,11,13). The van der Waals surface area contributed by atoms with Crippen molar-refractivity contribution in [1.29, 1.82) is 0 Å². The first-order valence-electron chi connectivity index (χ1n) is 4.79. The van der Waals surface area contributed by atoms with Crippen LogP contribution in [0.25, 0.3) is 0 Å². The number of tetrazole rings is 1. The molecule has 0 saturated heterocycles. The molecular formula is C10H11N5O. The Balaban J connectivity index is 2.31. The second-order valence-corrected chi connectivity index (χ2v) is 3.39. The van der Waals surface area contributed by atoms with Gasteiger partial charge >= 0.3 is 0 Å². The third-order valence-corrected chi connectivity index (χ3v) is 2.18. The molecule has 0 aliphatic rings. The molecule has 1 aromatic carbocycles. The van der Waals surface area contributed by atoms with E-state index in [1.807, 2.05) is 18.2 Å². The zero-order chi connectivity index (χ0) is 11.5. The predicted molar refractivity (Wildman–Crippen MR) is 57.8 cm³/mol. The summed E-state index contributed by atoms with van der Waals surface area (Å²) in [5.41, 5.74) is 6.88. The van der Waals surface area contributed by atoms with E-state index >= 15 is 0 Å². The minimum Gasteiger partial charge on any atom is -0.365 e. The molecule has 0 atom stereocenters. The quantitative estimate of drug-likeness (QED) is 0.757. The van der Waals surface area contributed by atoms with E-state index in [2.05, 4.69) is 15.4 Å². The Bertz CT molecular complexity index is 519. The van der Waals surface area contributed by atoms with Gasteiger partial charge in [0, 0.05) is 5.56 Å². The van der Waals surface area contributed by atoms with Gasteiger partial charge in [-0.2, -0.15) is 4.80 Å². The number of benzene rings is 1. The highest BCUT2D eigenvalue weighted by molar-refractivity contribution is 5.95. The van der Waals surface area contributed by atoms with E-state index in [9.17, 15) is 4.79 Å². The van der Waals surface area contributed by atoms with Crippen LogP contribution >= 0.6 is 0 Å². The van der Waals surface area contributed by atoms with E-state index < -0.39 is 0 Å². The number of carbonyl (C=O) groups excluding carboxylic acids is 1. The summed E-state index contributed by atoms with van der Waals surface area (Å²) in [7, 11) is 0. The average Bonchev–Trinajstić information content (AvgIpc) is 2.64. The summed E-state index contributed by atoms with van der Waals surface area (Å²) in [6, 6.07) is 7.32. The molecule has 1 aromatic heterocycles. The second-order valence-electron chi connectivity index (χ2n) is 3.39. The van der Waals surface area contributed by atoms with Crippen LogP contribution in [0.1, 0.15) is 22.8 Å². The molecule has 2 rings (SSSR count). The van der Waals surface area contributed by atoms with Gasteiger partial charge in [0.1, 0.15) is 0 Å². The first-order chi connectivity index (χ1) is 7.66. The Hall–Kier alpha value is -2.24. The smallest absolute Gasteiger partial charge is 0.260 e. The molecule has 82 valence electrons. The van der Waals surface area contributed by atoms with Gasteiger partial charge in [0.25, 0.3) is 5.95 Å². The first kappa shape index (κ1) is 10.3. The lowest BCUT2D eigenvalue weighted by Crippen LogP contribution is -2.08. The molecule has 2 N–H and O–H groups in total. The first-order valence-corrected chi connectivity index (χ1v) is 4.79. The van der Waals surface area contributed by atoms with Crippen LogP contribution < -0.4 is 5.73 Å². The van der Waals surface area contributed by atoms with Crippen LogP contribution in [-0.4, -0.2) is 26.0 Å². The molecule has 6 nitrogen and oxygen atoms in total. The number of ketones is 1. The molecule has 0 fully saturated rings. The SMILES string of the molecule is CC(=O)c1ccccc1Cn1nnc(N)n1. The maximum Gasteiger partial charge on any atom is 0.260 e. The normalized spacial score (nSPS) is 10.3. The molecule has 0 aliphatic carbocycles. The van der Waals surface area contributed by atoms with Crippen LogP contribution in [0.3, 0.4) is 0 Å². The van der Waals surface area contributed by atoms with E-state index in [4.69, 9.17) is 5.73 Å². The van der Waals surface area contributed by atoms with Gasteiger partial charge in [-0.3, -0.25) is 4.79 Å². The summed E-state index contributed by atoms with van der Waals surface area (Å²) in [5.74, 6) is 0.143. The van der Waals surface area contributed by atoms with Gasteiger partial charge in [0.2, 0.25) is 0 Å². The highest BCUT2D eigenvalue weighted by Crippen LogP contribution is 2.10. The Morgan fingerprint density at radius 2 is 2.19 bits per heavy atom. The van der Waals surface area contributed by atoms with Crippen molar-refractivity contribution in [3.8, 4) is 0 Å². The fraction of sp³-hybridized carbons (Fsp3) is 0.200. The highest BCUT2D eigenvalue weighted by atomic mass is 16.1. The number of Topliss-reactive ketones (excluding diaryl/α,β-unsaturated/α-hetero) is 1. The van der Waals surface area contributed by atoms with E-state index in [0.29, 0.717) is 12.1 Å². The summed E-state index contributed by atoms with van der Waals surface area (Å²) >= 11 is 0. The zero-order valence-corrected chi connectivity index (χ0v) is 8.79. The number of nitrogen functional groups attached to an aromatic ring is 1. The number of aromatic nitrogens is 4. The Labute approximate surface area is 92.1 Å². The molecule has 0 bridgehead atoms. The number of rotatable bonds is 3.